The molecule has 9 heteroatoms. The lowest BCUT2D eigenvalue weighted by Gasteiger charge is -2.18. The largest absolute Gasteiger partial charge is 0.325 e. The number of hydrogen-bond donors (Lipinski definition) is 2. The van der Waals surface area contributed by atoms with Crippen LogP contribution in [-0.2, 0) is 21.4 Å². The molecule has 0 radical (unpaired) electrons. The van der Waals surface area contributed by atoms with Gasteiger partial charge in [0.15, 0.2) is 0 Å². The summed E-state index contributed by atoms with van der Waals surface area (Å²) in [4.78, 5) is 12.4. The van der Waals surface area contributed by atoms with Gasteiger partial charge in [0.25, 0.3) is 0 Å². The van der Waals surface area contributed by atoms with Crippen LogP contribution in [0.1, 0.15) is 12.5 Å². The van der Waals surface area contributed by atoms with Gasteiger partial charge in [0, 0.05) is 24.3 Å². The number of rotatable bonds is 8. The minimum Gasteiger partial charge on any atom is -0.325 e. The van der Waals surface area contributed by atoms with E-state index in [4.69, 9.17) is 11.6 Å². The van der Waals surface area contributed by atoms with Gasteiger partial charge in [-0.15, -0.1) is 12.4 Å². The van der Waals surface area contributed by atoms with E-state index in [9.17, 15) is 13.2 Å². The Bertz CT molecular complexity index is 858. The number of sulfonamides is 1. The first kappa shape index (κ1) is 23.4. The molecule has 0 aromatic heterocycles. The van der Waals surface area contributed by atoms with Crippen molar-refractivity contribution in [3.63, 3.8) is 0 Å². The van der Waals surface area contributed by atoms with Gasteiger partial charge in [-0.05, 0) is 42.4 Å². The highest BCUT2D eigenvalue weighted by Crippen LogP contribution is 2.18. The first-order chi connectivity index (χ1) is 12.3. The van der Waals surface area contributed by atoms with Gasteiger partial charge in [-0.1, -0.05) is 36.7 Å². The highest BCUT2D eigenvalue weighted by Gasteiger charge is 2.23. The molecule has 2 N–H and O–H groups in total. The van der Waals surface area contributed by atoms with Gasteiger partial charge in [0.2, 0.25) is 15.9 Å². The van der Waals surface area contributed by atoms with Gasteiger partial charge in [-0.25, -0.2) is 8.42 Å². The maximum Gasteiger partial charge on any atom is 0.243 e. The molecule has 0 spiro atoms. The fourth-order valence-corrected chi connectivity index (χ4v) is 3.57. The van der Waals surface area contributed by atoms with E-state index < -0.39 is 15.9 Å². The standard InChI is InChI=1S/C18H22ClN3O3S.ClH/c1-3-20-12-14-6-4-5-7-17(14)21-18(23)13-22(2)26(24,25)16-10-8-15(19)9-11-16;/h4-11,20H,3,12-13H2,1-2H3,(H,21,23);1H. The second-order valence-electron chi connectivity index (χ2n) is 5.70. The van der Waals surface area contributed by atoms with Gasteiger partial charge >= 0.3 is 0 Å². The van der Waals surface area contributed by atoms with Crippen LogP contribution in [0.15, 0.2) is 53.4 Å². The highest BCUT2D eigenvalue weighted by molar-refractivity contribution is 7.89. The molecule has 0 aliphatic rings. The zero-order valence-electron chi connectivity index (χ0n) is 15.1. The predicted octanol–water partition coefficient (Wildman–Crippen LogP) is 3.13. The summed E-state index contributed by atoms with van der Waals surface area (Å²) >= 11 is 5.79. The van der Waals surface area contributed by atoms with Crippen LogP contribution < -0.4 is 10.6 Å². The van der Waals surface area contributed by atoms with Crippen molar-refractivity contribution in [2.45, 2.75) is 18.4 Å². The van der Waals surface area contributed by atoms with Crippen LogP contribution in [0, 0.1) is 0 Å². The van der Waals surface area contributed by atoms with E-state index in [2.05, 4.69) is 10.6 Å². The van der Waals surface area contributed by atoms with Crippen molar-refractivity contribution in [1.29, 1.82) is 0 Å². The lowest BCUT2D eigenvalue weighted by atomic mass is 10.1. The molecule has 6 nitrogen and oxygen atoms in total. The molecule has 0 aliphatic heterocycles. The number of likely N-dealkylation sites (N-methyl/N-ethyl adjacent to an activating group) is 1. The average Bonchev–Trinajstić information content (AvgIpc) is 2.61. The number of halogens is 2. The van der Waals surface area contributed by atoms with E-state index in [0.717, 1.165) is 16.4 Å². The van der Waals surface area contributed by atoms with Crippen LogP contribution in [-0.4, -0.2) is 38.8 Å². The number of para-hydroxylation sites is 1. The molecule has 1 amide bonds. The summed E-state index contributed by atoms with van der Waals surface area (Å²) in [5, 5.41) is 6.42. The van der Waals surface area contributed by atoms with Crippen LogP contribution in [0.25, 0.3) is 0 Å². The number of nitrogens with one attached hydrogen (secondary N) is 2. The van der Waals surface area contributed by atoms with Gasteiger partial charge in [0.1, 0.15) is 0 Å². The molecule has 0 aliphatic carbocycles. The summed E-state index contributed by atoms with van der Waals surface area (Å²) in [6.45, 7) is 3.13. The summed E-state index contributed by atoms with van der Waals surface area (Å²) in [6.07, 6.45) is 0. The van der Waals surface area contributed by atoms with Crippen LogP contribution in [0.3, 0.4) is 0 Å². The van der Waals surface area contributed by atoms with Crippen molar-refractivity contribution in [2.75, 3.05) is 25.5 Å². The SMILES string of the molecule is CCNCc1ccccc1NC(=O)CN(C)S(=O)(=O)c1ccc(Cl)cc1.Cl. The number of carbonyl (C=O) groups is 1. The third kappa shape index (κ3) is 6.48. The fourth-order valence-electron chi connectivity index (χ4n) is 2.32. The molecule has 2 aromatic rings. The number of anilines is 1. The zero-order chi connectivity index (χ0) is 19.2. The molecule has 148 valence electrons. The molecule has 0 heterocycles. The Morgan fingerprint density at radius 3 is 2.37 bits per heavy atom. The molecule has 0 unspecified atom stereocenters. The van der Waals surface area contributed by atoms with Gasteiger partial charge in [-0.2, -0.15) is 4.31 Å². The Morgan fingerprint density at radius 1 is 1.11 bits per heavy atom. The molecular weight excluding hydrogens is 409 g/mol. The third-order valence-corrected chi connectivity index (χ3v) is 5.81. The summed E-state index contributed by atoms with van der Waals surface area (Å²) in [5.41, 5.74) is 1.60. The number of benzene rings is 2. The fraction of sp³-hybridized carbons (Fsp3) is 0.278. The Morgan fingerprint density at radius 2 is 1.74 bits per heavy atom. The maximum atomic E-state index is 12.5. The Labute approximate surface area is 171 Å². The first-order valence-corrected chi connectivity index (χ1v) is 9.96. The van der Waals surface area contributed by atoms with E-state index in [1.54, 1.807) is 6.07 Å². The molecular formula is C18H23Cl2N3O3S. The van der Waals surface area contributed by atoms with Crippen LogP contribution >= 0.6 is 24.0 Å². The van der Waals surface area contributed by atoms with Crippen molar-refractivity contribution in [3.8, 4) is 0 Å². The number of amides is 1. The molecule has 2 aromatic carbocycles. The summed E-state index contributed by atoms with van der Waals surface area (Å²) < 4.78 is 26.1. The van der Waals surface area contributed by atoms with Crippen LogP contribution in [0.4, 0.5) is 5.69 Å². The van der Waals surface area contributed by atoms with E-state index >= 15 is 0 Å². The minimum atomic E-state index is -3.77. The van der Waals surface area contributed by atoms with Crippen molar-refractivity contribution >= 4 is 45.6 Å². The molecule has 0 bridgehead atoms. The van der Waals surface area contributed by atoms with Crippen molar-refractivity contribution in [2.24, 2.45) is 0 Å². The van der Waals surface area contributed by atoms with Crippen molar-refractivity contribution < 1.29 is 13.2 Å². The molecule has 27 heavy (non-hydrogen) atoms. The summed E-state index contributed by atoms with van der Waals surface area (Å²) in [6, 6.07) is 13.2. The second kappa shape index (κ2) is 10.6. The molecule has 0 saturated heterocycles. The Balaban J connectivity index is 0.00000364. The van der Waals surface area contributed by atoms with Crippen LogP contribution in [0.2, 0.25) is 5.02 Å². The van der Waals surface area contributed by atoms with Crippen LogP contribution in [0.5, 0.6) is 0 Å². The predicted molar refractivity (Wildman–Crippen MR) is 111 cm³/mol. The normalized spacial score (nSPS) is 11.1. The summed E-state index contributed by atoms with van der Waals surface area (Å²) in [7, 11) is -2.40. The molecule has 0 saturated carbocycles. The number of nitrogens with zero attached hydrogens (tertiary/aromatic N) is 1. The van der Waals surface area contributed by atoms with Gasteiger partial charge in [0.05, 0.1) is 11.4 Å². The van der Waals surface area contributed by atoms with E-state index in [1.807, 2.05) is 25.1 Å². The Kier molecular flexibility index (Phi) is 9.21. The molecule has 0 atom stereocenters. The maximum absolute atomic E-state index is 12.5. The Hall–Kier alpha value is -1.64. The van der Waals surface area contributed by atoms with E-state index in [0.29, 0.717) is 17.3 Å². The van der Waals surface area contributed by atoms with Crippen molar-refractivity contribution in [1.82, 2.24) is 9.62 Å². The second-order valence-corrected chi connectivity index (χ2v) is 8.18. The van der Waals surface area contributed by atoms with Crippen molar-refractivity contribution in [3.05, 3.63) is 59.1 Å². The quantitative estimate of drug-likeness (QED) is 0.672. The van der Waals surface area contributed by atoms with Gasteiger partial charge in [-0.3, -0.25) is 4.79 Å². The average molecular weight is 432 g/mol. The smallest absolute Gasteiger partial charge is 0.243 e. The van der Waals surface area contributed by atoms with E-state index in [1.165, 1.54) is 31.3 Å². The number of carbonyl (C=O) groups excluding carboxylic acids is 1. The monoisotopic (exact) mass is 431 g/mol. The lowest BCUT2D eigenvalue weighted by Crippen LogP contribution is -2.35. The highest BCUT2D eigenvalue weighted by atomic mass is 35.5. The zero-order valence-corrected chi connectivity index (χ0v) is 17.5. The molecule has 2 rings (SSSR count). The summed E-state index contributed by atoms with van der Waals surface area (Å²) in [5.74, 6) is -0.408. The lowest BCUT2D eigenvalue weighted by molar-refractivity contribution is -0.116. The number of hydrogen-bond acceptors (Lipinski definition) is 4. The van der Waals surface area contributed by atoms with Gasteiger partial charge < -0.3 is 10.6 Å². The first-order valence-electron chi connectivity index (χ1n) is 8.15. The molecule has 0 fully saturated rings. The van der Waals surface area contributed by atoms with E-state index in [-0.39, 0.29) is 23.8 Å². The topological polar surface area (TPSA) is 78.5 Å². The third-order valence-electron chi connectivity index (χ3n) is 3.74. The minimum absolute atomic E-state index is 0.